The van der Waals surface area contributed by atoms with E-state index < -0.39 is 29.1 Å². The molecule has 2 aliphatic rings. The molecule has 17 heteroatoms. The van der Waals surface area contributed by atoms with E-state index in [1.807, 2.05) is 24.0 Å². The number of nitrogens with one attached hydrogen (secondary N) is 1. The molecule has 5 heterocycles. The Kier molecular flexibility index (Phi) is 8.79. The van der Waals surface area contributed by atoms with Gasteiger partial charge >= 0.3 is 6.18 Å². The van der Waals surface area contributed by atoms with Crippen LogP contribution in [0, 0.1) is 0 Å². The molecular weight excluding hydrogens is 693 g/mol. The van der Waals surface area contributed by atoms with Crippen molar-refractivity contribution in [3.63, 3.8) is 0 Å². The Hall–Kier alpha value is -5.64. The number of hydrogen-bond acceptors (Lipinski definition) is 9. The van der Waals surface area contributed by atoms with Crippen LogP contribution in [0.25, 0.3) is 17.2 Å². The summed E-state index contributed by atoms with van der Waals surface area (Å²) in [4.78, 5) is 53.0. The lowest BCUT2D eigenvalue weighted by Gasteiger charge is -2.36. The summed E-state index contributed by atoms with van der Waals surface area (Å²) in [5.74, 6) is -0.234. The number of carbonyl (C=O) groups is 2. The number of benzene rings is 2. The van der Waals surface area contributed by atoms with Crippen molar-refractivity contribution in [3.8, 4) is 22.9 Å². The fourth-order valence-corrected chi connectivity index (χ4v) is 6.58. The number of anilines is 2. The average Bonchev–Trinajstić information content (AvgIpc) is 3.78. The number of nitrogens with zero attached hydrogens (tertiary/aromatic N) is 7. The summed E-state index contributed by atoms with van der Waals surface area (Å²) in [6, 6.07) is 11.0. The molecule has 0 saturated carbocycles. The van der Waals surface area contributed by atoms with Crippen LogP contribution in [0.15, 0.2) is 59.5 Å². The average molecular weight is 723 g/mol. The Bertz CT molecular complexity index is 2250. The minimum atomic E-state index is -4.61. The van der Waals surface area contributed by atoms with Gasteiger partial charge in [-0.25, -0.2) is 4.98 Å². The zero-order valence-electron chi connectivity index (χ0n) is 27.1. The van der Waals surface area contributed by atoms with Gasteiger partial charge in [-0.3, -0.25) is 14.4 Å². The number of alkyl halides is 3. The van der Waals surface area contributed by atoms with Gasteiger partial charge in [0.05, 0.1) is 28.6 Å². The standard InChI is InChI=1S/C34H30ClF3N8O5/c1-2-24-29(43-11-13-44(14-12-43)31(49)28-25(47)4-3-10-39-28)32(50)46-33(41-30(42-46)20-5-8-26-19(16-20)9-15-51-26)45(24)18-27(48)40-23-7-6-21(17-22(23)35)34(36,37)38/h3-8,10,16-17,47H,2,9,11-15,18H2,1H3,(H,40,48). The van der Waals surface area contributed by atoms with Crippen LogP contribution < -0.4 is 20.5 Å². The Morgan fingerprint density at radius 3 is 2.57 bits per heavy atom. The number of hydrogen-bond donors (Lipinski definition) is 2. The summed E-state index contributed by atoms with van der Waals surface area (Å²) in [5, 5.41) is 17.0. The number of rotatable bonds is 7. The molecule has 3 aromatic heterocycles. The molecule has 0 aliphatic carbocycles. The molecule has 1 saturated heterocycles. The van der Waals surface area contributed by atoms with Gasteiger partial charge < -0.3 is 29.5 Å². The van der Waals surface area contributed by atoms with E-state index in [0.29, 0.717) is 24.3 Å². The summed E-state index contributed by atoms with van der Waals surface area (Å²) < 4.78 is 48.0. The van der Waals surface area contributed by atoms with Gasteiger partial charge in [-0.15, -0.1) is 5.10 Å². The smallest absolute Gasteiger partial charge is 0.416 e. The minimum absolute atomic E-state index is 0.0211. The van der Waals surface area contributed by atoms with Crippen molar-refractivity contribution in [1.29, 1.82) is 0 Å². The summed E-state index contributed by atoms with van der Waals surface area (Å²) in [7, 11) is 0. The van der Waals surface area contributed by atoms with Crippen molar-refractivity contribution in [2.45, 2.75) is 32.5 Å². The van der Waals surface area contributed by atoms with Gasteiger partial charge in [-0.1, -0.05) is 18.5 Å². The summed E-state index contributed by atoms with van der Waals surface area (Å²) in [5.41, 5.74) is 0.799. The van der Waals surface area contributed by atoms with E-state index in [4.69, 9.17) is 21.3 Å². The molecule has 264 valence electrons. The first-order valence-electron chi connectivity index (χ1n) is 16.1. The molecule has 2 amide bonds. The summed E-state index contributed by atoms with van der Waals surface area (Å²) >= 11 is 6.13. The lowest BCUT2D eigenvalue weighted by Crippen LogP contribution is -2.51. The topological polar surface area (TPSA) is 147 Å². The fraction of sp³-hybridized carbons (Fsp3) is 0.294. The van der Waals surface area contributed by atoms with Gasteiger partial charge in [-0.2, -0.15) is 22.7 Å². The van der Waals surface area contributed by atoms with Crippen molar-refractivity contribution in [2.24, 2.45) is 0 Å². The molecule has 0 radical (unpaired) electrons. The third-order valence-corrected chi connectivity index (χ3v) is 9.17. The van der Waals surface area contributed by atoms with Crippen LogP contribution in [-0.2, 0) is 30.4 Å². The van der Waals surface area contributed by atoms with Crippen LogP contribution >= 0.6 is 11.6 Å². The van der Waals surface area contributed by atoms with Crippen molar-refractivity contribution < 1.29 is 32.6 Å². The predicted molar refractivity (Wildman–Crippen MR) is 180 cm³/mol. The van der Waals surface area contributed by atoms with Crippen LogP contribution in [-0.4, -0.2) is 78.8 Å². The van der Waals surface area contributed by atoms with Gasteiger partial charge in [0.25, 0.3) is 11.5 Å². The van der Waals surface area contributed by atoms with E-state index in [9.17, 15) is 32.7 Å². The second-order valence-corrected chi connectivity index (χ2v) is 12.4. The van der Waals surface area contributed by atoms with Crippen LogP contribution in [0.5, 0.6) is 11.5 Å². The maximum absolute atomic E-state index is 14.3. The number of pyridine rings is 1. The van der Waals surface area contributed by atoms with Crippen LogP contribution in [0.1, 0.15) is 34.2 Å². The largest absolute Gasteiger partial charge is 0.505 e. The SMILES string of the molecule is CCc1c(N2CCN(C(=O)c3ncccc3O)CC2)c(=O)n2nc(-c3ccc4c(c3)CCO4)nc2n1CC(=O)Nc1ccc(C(F)(F)F)cc1Cl. The molecule has 7 rings (SSSR count). The molecule has 5 aromatic rings. The number of piperazine rings is 1. The summed E-state index contributed by atoms with van der Waals surface area (Å²) in [6.45, 7) is 2.89. The lowest BCUT2D eigenvalue weighted by molar-refractivity contribution is -0.137. The lowest BCUT2D eigenvalue weighted by atomic mass is 10.1. The fourth-order valence-electron chi connectivity index (χ4n) is 6.35. The number of aromatic nitrogens is 5. The Balaban J connectivity index is 1.25. The van der Waals surface area contributed by atoms with Crippen molar-refractivity contribution in [1.82, 2.24) is 29.0 Å². The van der Waals surface area contributed by atoms with Gasteiger partial charge in [0.2, 0.25) is 11.7 Å². The van der Waals surface area contributed by atoms with Crippen LogP contribution in [0.4, 0.5) is 24.5 Å². The van der Waals surface area contributed by atoms with Crippen LogP contribution in [0.3, 0.4) is 0 Å². The molecule has 2 aromatic carbocycles. The number of ether oxygens (including phenoxy) is 1. The molecule has 2 aliphatic heterocycles. The van der Waals surface area contributed by atoms with E-state index >= 15 is 0 Å². The van der Waals surface area contributed by atoms with Crippen LogP contribution in [0.2, 0.25) is 5.02 Å². The van der Waals surface area contributed by atoms with Crippen molar-refractivity contribution >= 4 is 40.6 Å². The van der Waals surface area contributed by atoms with Gasteiger partial charge in [0.15, 0.2) is 11.5 Å². The molecular formula is C34H30ClF3N8O5. The minimum Gasteiger partial charge on any atom is -0.505 e. The first-order valence-corrected chi connectivity index (χ1v) is 16.4. The third-order valence-electron chi connectivity index (χ3n) is 8.85. The van der Waals surface area contributed by atoms with Gasteiger partial charge in [-0.05, 0) is 60.5 Å². The normalized spacial score (nSPS) is 14.5. The molecule has 2 N–H and O–H groups in total. The third kappa shape index (κ3) is 6.42. The molecule has 0 spiro atoms. The van der Waals surface area contributed by atoms with E-state index in [2.05, 4.69) is 15.4 Å². The number of carbonyl (C=O) groups excluding carboxylic acids is 2. The second-order valence-electron chi connectivity index (χ2n) is 12.0. The molecule has 0 unspecified atom stereocenters. The van der Waals surface area contributed by atoms with Gasteiger partial charge in [0, 0.05) is 44.4 Å². The Labute approximate surface area is 292 Å². The Morgan fingerprint density at radius 2 is 1.86 bits per heavy atom. The van der Waals surface area contributed by atoms with E-state index in [1.54, 1.807) is 10.6 Å². The second kappa shape index (κ2) is 13.2. The molecule has 0 atom stereocenters. The number of aromatic hydroxyl groups is 1. The number of fused-ring (bicyclic) bond motifs is 2. The highest BCUT2D eigenvalue weighted by Gasteiger charge is 2.32. The highest BCUT2D eigenvalue weighted by atomic mass is 35.5. The quantitative estimate of drug-likeness (QED) is 0.249. The maximum atomic E-state index is 14.3. The highest BCUT2D eigenvalue weighted by Crippen LogP contribution is 2.34. The Morgan fingerprint density at radius 1 is 1.08 bits per heavy atom. The zero-order chi connectivity index (χ0) is 36.0. The number of halogens is 4. The van der Waals surface area contributed by atoms with Crippen molar-refractivity contribution in [2.75, 3.05) is 43.0 Å². The van der Waals surface area contributed by atoms with Gasteiger partial charge in [0.1, 0.15) is 23.7 Å². The maximum Gasteiger partial charge on any atom is 0.416 e. The zero-order valence-corrected chi connectivity index (χ0v) is 27.8. The van der Waals surface area contributed by atoms with E-state index in [1.165, 1.54) is 23.2 Å². The molecule has 1 fully saturated rings. The van der Waals surface area contributed by atoms with E-state index in [-0.39, 0.29) is 78.6 Å². The first-order chi connectivity index (χ1) is 24.4. The molecule has 0 bridgehead atoms. The van der Waals surface area contributed by atoms with E-state index in [0.717, 1.165) is 34.0 Å². The summed E-state index contributed by atoms with van der Waals surface area (Å²) in [6.07, 6.45) is -2.21. The first kappa shape index (κ1) is 33.8. The molecule has 13 nitrogen and oxygen atoms in total. The predicted octanol–water partition coefficient (Wildman–Crippen LogP) is 4.43. The number of amides is 2. The van der Waals surface area contributed by atoms with Crippen molar-refractivity contribution in [3.05, 3.63) is 92.6 Å². The monoisotopic (exact) mass is 722 g/mol. The highest BCUT2D eigenvalue weighted by molar-refractivity contribution is 6.33. The molecule has 51 heavy (non-hydrogen) atoms.